The number of halogens is 1. The minimum absolute atomic E-state index is 0.0647. The van der Waals surface area contributed by atoms with Gasteiger partial charge in [0, 0.05) is 24.3 Å². The zero-order valence-electron chi connectivity index (χ0n) is 13.6. The predicted octanol–water partition coefficient (Wildman–Crippen LogP) is 2.26. The smallest absolute Gasteiger partial charge is 0.248 e. The number of aryl methyl sites for hydroxylation is 1. The average molecular weight is 339 g/mol. The van der Waals surface area contributed by atoms with E-state index >= 15 is 0 Å². The first-order valence-electron chi connectivity index (χ1n) is 8.29. The van der Waals surface area contributed by atoms with Crippen LogP contribution in [0.5, 0.6) is 0 Å². The van der Waals surface area contributed by atoms with Gasteiger partial charge in [0.2, 0.25) is 5.56 Å². The average Bonchev–Trinajstić information content (AvgIpc) is 3.14. The maximum Gasteiger partial charge on any atom is 0.248 e. The Morgan fingerprint density at radius 2 is 2.24 bits per heavy atom. The van der Waals surface area contributed by atoms with Gasteiger partial charge in [-0.2, -0.15) is 5.10 Å². The number of benzene rings is 1. The summed E-state index contributed by atoms with van der Waals surface area (Å²) in [6, 6.07) is 8.71. The van der Waals surface area contributed by atoms with Crippen LogP contribution in [0.25, 0.3) is 5.69 Å². The molecule has 1 aliphatic rings. The quantitative estimate of drug-likeness (QED) is 0.764. The van der Waals surface area contributed by atoms with Crippen molar-refractivity contribution in [3.05, 3.63) is 76.0 Å². The summed E-state index contributed by atoms with van der Waals surface area (Å²) in [5, 5.41) is 7.42. The lowest BCUT2D eigenvalue weighted by molar-refractivity contribution is 0.452. The molecule has 0 saturated carbocycles. The standard InChI is InChI=1S/C18H18FN5O/c19-14-8-12(4-6-17(14)24-11-20-10-22-24)9-21-15-2-1-3-16-13(15)5-7-18(25)23-16/h4-8,10-11,15,21H,1-3,9H2,(H,23,25)/t15-/m1/s1. The van der Waals surface area contributed by atoms with E-state index in [-0.39, 0.29) is 17.4 Å². The van der Waals surface area contributed by atoms with Gasteiger partial charge in [0.15, 0.2) is 0 Å². The summed E-state index contributed by atoms with van der Waals surface area (Å²) < 4.78 is 15.7. The minimum atomic E-state index is -0.335. The number of rotatable bonds is 4. The van der Waals surface area contributed by atoms with Crippen LogP contribution in [0.2, 0.25) is 0 Å². The molecule has 1 aromatic carbocycles. The van der Waals surface area contributed by atoms with Crippen molar-refractivity contribution in [3.8, 4) is 5.69 Å². The first kappa shape index (κ1) is 15.7. The number of aromatic nitrogens is 4. The summed E-state index contributed by atoms with van der Waals surface area (Å²) in [6.07, 6.45) is 5.75. The maximum absolute atomic E-state index is 14.3. The molecule has 7 heteroatoms. The summed E-state index contributed by atoms with van der Waals surface area (Å²) >= 11 is 0. The molecule has 6 nitrogen and oxygen atoms in total. The number of nitrogens with zero attached hydrogens (tertiary/aromatic N) is 3. The van der Waals surface area contributed by atoms with Gasteiger partial charge in [0.05, 0.1) is 0 Å². The highest BCUT2D eigenvalue weighted by atomic mass is 19.1. The van der Waals surface area contributed by atoms with E-state index in [1.54, 1.807) is 12.1 Å². The van der Waals surface area contributed by atoms with Gasteiger partial charge in [-0.15, -0.1) is 0 Å². The second-order valence-corrected chi connectivity index (χ2v) is 6.21. The molecule has 128 valence electrons. The van der Waals surface area contributed by atoms with Crippen LogP contribution in [0.3, 0.4) is 0 Å². The number of pyridine rings is 1. The van der Waals surface area contributed by atoms with E-state index in [2.05, 4.69) is 20.4 Å². The second-order valence-electron chi connectivity index (χ2n) is 6.21. The van der Waals surface area contributed by atoms with Gasteiger partial charge >= 0.3 is 0 Å². The molecular formula is C18H18FN5O. The Kier molecular flexibility index (Phi) is 4.15. The summed E-state index contributed by atoms with van der Waals surface area (Å²) in [7, 11) is 0. The predicted molar refractivity (Wildman–Crippen MR) is 90.9 cm³/mol. The van der Waals surface area contributed by atoms with E-state index < -0.39 is 0 Å². The Morgan fingerprint density at radius 1 is 1.32 bits per heavy atom. The SMILES string of the molecule is O=c1ccc2c([nH]1)CCC[C@H]2NCc1ccc(-n2cncn2)c(F)c1. The van der Waals surface area contributed by atoms with E-state index in [0.29, 0.717) is 12.2 Å². The lowest BCUT2D eigenvalue weighted by Crippen LogP contribution is -2.27. The molecule has 1 aliphatic carbocycles. The van der Waals surface area contributed by atoms with E-state index in [9.17, 15) is 9.18 Å². The van der Waals surface area contributed by atoms with Crippen LogP contribution in [0.15, 0.2) is 47.8 Å². The lowest BCUT2D eigenvalue weighted by Gasteiger charge is -2.26. The Bertz CT molecular complexity index is 935. The van der Waals surface area contributed by atoms with Gasteiger partial charge in [-0.3, -0.25) is 4.79 Å². The number of H-pyrrole nitrogens is 1. The van der Waals surface area contributed by atoms with Crippen molar-refractivity contribution in [1.82, 2.24) is 25.1 Å². The zero-order chi connectivity index (χ0) is 17.2. The van der Waals surface area contributed by atoms with Crippen molar-refractivity contribution in [1.29, 1.82) is 0 Å². The molecule has 3 aromatic rings. The fourth-order valence-corrected chi connectivity index (χ4v) is 3.33. The van der Waals surface area contributed by atoms with Crippen molar-refractivity contribution < 1.29 is 4.39 Å². The first-order valence-corrected chi connectivity index (χ1v) is 8.29. The van der Waals surface area contributed by atoms with Gasteiger partial charge in [0.1, 0.15) is 24.2 Å². The maximum atomic E-state index is 14.3. The van der Waals surface area contributed by atoms with Crippen molar-refractivity contribution in [2.45, 2.75) is 31.8 Å². The topological polar surface area (TPSA) is 75.6 Å². The molecule has 0 spiro atoms. The third kappa shape index (κ3) is 3.23. The summed E-state index contributed by atoms with van der Waals surface area (Å²) in [4.78, 5) is 18.2. The van der Waals surface area contributed by atoms with Gasteiger partial charge in [-0.05, 0) is 42.5 Å². The molecule has 2 N–H and O–H groups in total. The molecular weight excluding hydrogens is 321 g/mol. The highest BCUT2D eigenvalue weighted by Crippen LogP contribution is 2.27. The van der Waals surface area contributed by atoms with Crippen LogP contribution in [-0.4, -0.2) is 19.7 Å². The molecule has 0 unspecified atom stereocenters. The van der Waals surface area contributed by atoms with Crippen LogP contribution in [0, 0.1) is 5.82 Å². The second kappa shape index (κ2) is 6.60. The highest BCUT2D eigenvalue weighted by Gasteiger charge is 2.20. The number of hydrogen-bond acceptors (Lipinski definition) is 4. The van der Waals surface area contributed by atoms with Gasteiger partial charge in [-0.1, -0.05) is 12.1 Å². The van der Waals surface area contributed by atoms with Gasteiger partial charge in [0.25, 0.3) is 0 Å². The highest BCUT2D eigenvalue weighted by molar-refractivity contribution is 5.35. The fourth-order valence-electron chi connectivity index (χ4n) is 3.33. The third-order valence-corrected chi connectivity index (χ3v) is 4.56. The first-order chi connectivity index (χ1) is 12.2. The Balaban J connectivity index is 1.49. The summed E-state index contributed by atoms with van der Waals surface area (Å²) in [5.74, 6) is -0.335. The van der Waals surface area contributed by atoms with E-state index in [0.717, 1.165) is 36.1 Å². The molecule has 0 radical (unpaired) electrons. The molecule has 0 saturated heterocycles. The molecule has 4 rings (SSSR count). The number of aromatic amines is 1. The normalized spacial score (nSPS) is 16.6. The van der Waals surface area contributed by atoms with E-state index in [1.165, 1.54) is 23.4 Å². The molecule has 2 heterocycles. The van der Waals surface area contributed by atoms with Crippen LogP contribution >= 0.6 is 0 Å². The summed E-state index contributed by atoms with van der Waals surface area (Å²) in [5.41, 5.74) is 3.31. The monoisotopic (exact) mass is 339 g/mol. The van der Waals surface area contributed by atoms with Crippen molar-refractivity contribution in [3.63, 3.8) is 0 Å². The Morgan fingerprint density at radius 3 is 3.04 bits per heavy atom. The van der Waals surface area contributed by atoms with Crippen molar-refractivity contribution in [2.24, 2.45) is 0 Å². The third-order valence-electron chi connectivity index (χ3n) is 4.56. The van der Waals surface area contributed by atoms with Crippen molar-refractivity contribution in [2.75, 3.05) is 0 Å². The van der Waals surface area contributed by atoms with E-state index in [1.807, 2.05) is 12.1 Å². The minimum Gasteiger partial charge on any atom is -0.326 e. The van der Waals surface area contributed by atoms with Gasteiger partial charge in [-0.25, -0.2) is 14.1 Å². The van der Waals surface area contributed by atoms with Crippen LogP contribution in [0.4, 0.5) is 4.39 Å². The molecule has 0 bridgehead atoms. The fraction of sp³-hybridized carbons (Fsp3) is 0.278. The number of fused-ring (bicyclic) bond motifs is 1. The Hall–Kier alpha value is -2.80. The molecule has 2 aromatic heterocycles. The van der Waals surface area contributed by atoms with E-state index in [4.69, 9.17) is 0 Å². The van der Waals surface area contributed by atoms with Crippen molar-refractivity contribution >= 4 is 0 Å². The zero-order valence-corrected chi connectivity index (χ0v) is 13.6. The van der Waals surface area contributed by atoms with Crippen LogP contribution in [0.1, 0.15) is 35.7 Å². The molecule has 0 aliphatic heterocycles. The van der Waals surface area contributed by atoms with Crippen LogP contribution < -0.4 is 10.9 Å². The Labute approximate surface area is 143 Å². The molecule has 1 atom stereocenters. The molecule has 0 fully saturated rings. The number of nitrogens with one attached hydrogen (secondary N) is 2. The van der Waals surface area contributed by atoms with Gasteiger partial charge < -0.3 is 10.3 Å². The molecule has 25 heavy (non-hydrogen) atoms. The molecule has 0 amide bonds. The lowest BCUT2D eigenvalue weighted by atomic mass is 9.91. The largest absolute Gasteiger partial charge is 0.326 e. The van der Waals surface area contributed by atoms with Crippen LogP contribution in [-0.2, 0) is 13.0 Å². The summed E-state index contributed by atoms with van der Waals surface area (Å²) in [6.45, 7) is 0.553. The number of hydrogen-bond donors (Lipinski definition) is 2.